The highest BCUT2D eigenvalue weighted by atomic mass is 32.1. The van der Waals surface area contributed by atoms with Crippen LogP contribution in [0.4, 0.5) is 5.13 Å². The first-order valence-corrected chi connectivity index (χ1v) is 10.1. The molecule has 1 aliphatic heterocycles. The molecule has 0 aromatic carbocycles. The van der Waals surface area contributed by atoms with Gasteiger partial charge in [-0.05, 0) is 12.5 Å². The molecular weight excluding hydrogens is 362 g/mol. The Hall–Kier alpha value is -2.42. The van der Waals surface area contributed by atoms with Gasteiger partial charge in [0.1, 0.15) is 5.82 Å². The predicted molar refractivity (Wildman–Crippen MR) is 109 cm³/mol. The molecule has 146 valence electrons. The number of pyridine rings is 1. The van der Waals surface area contributed by atoms with Crippen LogP contribution in [-0.2, 0) is 13.0 Å². The molecule has 1 fully saturated rings. The minimum Gasteiger partial charge on any atom is -0.481 e. The molecule has 0 spiro atoms. The average molecular weight is 390 g/mol. The number of piperazine rings is 1. The zero-order valence-corrected chi connectivity index (χ0v) is 17.0. The first-order valence-electron chi connectivity index (χ1n) is 9.33. The Morgan fingerprint density at radius 1 is 1.26 bits per heavy atom. The fraction of sp³-hybridized carbons (Fsp3) is 0.556. The molecule has 0 saturated carbocycles. The Labute approximate surface area is 164 Å². The third-order valence-corrected chi connectivity index (χ3v) is 5.19. The molecule has 2 aromatic rings. The van der Waals surface area contributed by atoms with E-state index in [4.69, 9.17) is 9.73 Å². The first kappa shape index (κ1) is 19.3. The number of ether oxygens (including phenoxy) is 1. The van der Waals surface area contributed by atoms with Gasteiger partial charge in [-0.25, -0.2) is 15.0 Å². The second-order valence-corrected chi connectivity index (χ2v) is 6.93. The van der Waals surface area contributed by atoms with Crippen molar-refractivity contribution in [2.45, 2.75) is 26.8 Å². The van der Waals surface area contributed by atoms with Gasteiger partial charge in [-0.2, -0.15) is 4.37 Å². The number of anilines is 1. The number of aryl methyl sites for hydroxylation is 1. The van der Waals surface area contributed by atoms with Gasteiger partial charge < -0.3 is 19.9 Å². The van der Waals surface area contributed by atoms with Gasteiger partial charge in [-0.15, -0.1) is 0 Å². The molecule has 0 bridgehead atoms. The van der Waals surface area contributed by atoms with Gasteiger partial charge in [0.25, 0.3) is 0 Å². The van der Waals surface area contributed by atoms with Crippen molar-refractivity contribution in [3.05, 3.63) is 29.7 Å². The molecule has 1 aliphatic rings. The summed E-state index contributed by atoms with van der Waals surface area (Å²) in [5.41, 5.74) is 1.06. The second-order valence-electron chi connectivity index (χ2n) is 6.20. The Morgan fingerprint density at radius 3 is 2.67 bits per heavy atom. The van der Waals surface area contributed by atoms with E-state index in [0.29, 0.717) is 12.4 Å². The summed E-state index contributed by atoms with van der Waals surface area (Å²) in [5, 5.41) is 4.43. The summed E-state index contributed by atoms with van der Waals surface area (Å²) < 4.78 is 9.50. The highest BCUT2D eigenvalue weighted by molar-refractivity contribution is 7.09. The third-order valence-electron chi connectivity index (χ3n) is 4.38. The molecule has 9 heteroatoms. The van der Waals surface area contributed by atoms with E-state index in [1.807, 2.05) is 18.3 Å². The number of methoxy groups -OCH3 is 1. The summed E-state index contributed by atoms with van der Waals surface area (Å²) in [6.45, 7) is 9.28. The van der Waals surface area contributed by atoms with Crippen molar-refractivity contribution in [3.63, 3.8) is 0 Å². The smallest absolute Gasteiger partial charge is 0.212 e. The fourth-order valence-corrected chi connectivity index (χ4v) is 3.64. The van der Waals surface area contributed by atoms with Crippen LogP contribution in [0.3, 0.4) is 0 Å². The van der Waals surface area contributed by atoms with Crippen molar-refractivity contribution in [2.24, 2.45) is 4.99 Å². The summed E-state index contributed by atoms with van der Waals surface area (Å²) in [4.78, 5) is 18.2. The lowest BCUT2D eigenvalue weighted by molar-refractivity contribution is 0.372. The van der Waals surface area contributed by atoms with E-state index >= 15 is 0 Å². The van der Waals surface area contributed by atoms with Crippen LogP contribution in [0.15, 0.2) is 23.3 Å². The number of nitrogens with one attached hydrogen (secondary N) is 1. The molecule has 27 heavy (non-hydrogen) atoms. The highest BCUT2D eigenvalue weighted by Crippen LogP contribution is 2.19. The summed E-state index contributed by atoms with van der Waals surface area (Å²) in [6, 6.07) is 3.86. The lowest BCUT2D eigenvalue weighted by Gasteiger charge is -2.36. The number of guanidine groups is 1. The average Bonchev–Trinajstić information content (AvgIpc) is 3.21. The topological polar surface area (TPSA) is 78.8 Å². The van der Waals surface area contributed by atoms with Gasteiger partial charge >= 0.3 is 0 Å². The van der Waals surface area contributed by atoms with Gasteiger partial charge in [0.15, 0.2) is 5.96 Å². The molecule has 3 heterocycles. The van der Waals surface area contributed by atoms with Crippen LogP contribution in [0.2, 0.25) is 0 Å². The monoisotopic (exact) mass is 389 g/mol. The number of hydrogen-bond donors (Lipinski definition) is 1. The number of hydrogen-bond acceptors (Lipinski definition) is 7. The number of aromatic nitrogens is 3. The minimum absolute atomic E-state index is 0.593. The molecule has 0 amide bonds. The summed E-state index contributed by atoms with van der Waals surface area (Å²) in [7, 11) is 1.62. The molecule has 8 nitrogen and oxygen atoms in total. The van der Waals surface area contributed by atoms with Gasteiger partial charge in [0, 0.05) is 62.9 Å². The van der Waals surface area contributed by atoms with E-state index in [0.717, 1.165) is 61.6 Å². The number of nitrogens with zero attached hydrogens (tertiary/aromatic N) is 6. The van der Waals surface area contributed by atoms with Crippen molar-refractivity contribution < 1.29 is 4.74 Å². The maximum Gasteiger partial charge on any atom is 0.212 e. The van der Waals surface area contributed by atoms with E-state index in [1.165, 1.54) is 11.5 Å². The quantitative estimate of drug-likeness (QED) is 0.596. The van der Waals surface area contributed by atoms with E-state index in [-0.39, 0.29) is 0 Å². The van der Waals surface area contributed by atoms with E-state index < -0.39 is 0 Å². The van der Waals surface area contributed by atoms with E-state index in [9.17, 15) is 0 Å². The summed E-state index contributed by atoms with van der Waals surface area (Å²) in [5.74, 6) is 2.49. The molecule has 1 saturated heterocycles. The Kier molecular flexibility index (Phi) is 6.80. The Bertz CT molecular complexity index is 738. The normalized spacial score (nSPS) is 15.1. The van der Waals surface area contributed by atoms with Crippen LogP contribution in [-0.4, -0.2) is 65.0 Å². The molecule has 0 radical (unpaired) electrons. The molecule has 2 aromatic heterocycles. The zero-order valence-electron chi connectivity index (χ0n) is 16.2. The highest BCUT2D eigenvalue weighted by Gasteiger charge is 2.22. The van der Waals surface area contributed by atoms with Crippen LogP contribution in [0, 0.1) is 0 Å². The van der Waals surface area contributed by atoms with Crippen molar-refractivity contribution in [3.8, 4) is 5.88 Å². The standard InChI is InChI=1S/C18H27N7OS/c1-4-15-22-18(27-23-15)25-10-8-24(9-11-25)17(19-5-2)21-13-14-6-7-16(26-3)20-12-14/h6-7,12H,4-5,8-11,13H2,1-3H3,(H,19,21). The van der Waals surface area contributed by atoms with E-state index in [2.05, 4.69) is 43.3 Å². The lowest BCUT2D eigenvalue weighted by Crippen LogP contribution is -2.52. The number of aliphatic imine (C=N–C) groups is 1. The van der Waals surface area contributed by atoms with Gasteiger partial charge in [-0.1, -0.05) is 13.0 Å². The summed E-state index contributed by atoms with van der Waals surface area (Å²) >= 11 is 1.49. The molecule has 1 N–H and O–H groups in total. The van der Waals surface area contributed by atoms with Crippen molar-refractivity contribution in [1.29, 1.82) is 0 Å². The van der Waals surface area contributed by atoms with Crippen molar-refractivity contribution in [1.82, 2.24) is 24.6 Å². The lowest BCUT2D eigenvalue weighted by atomic mass is 10.3. The van der Waals surface area contributed by atoms with Crippen molar-refractivity contribution >= 4 is 22.6 Å². The van der Waals surface area contributed by atoms with Crippen LogP contribution in [0.25, 0.3) is 0 Å². The van der Waals surface area contributed by atoms with Crippen LogP contribution < -0.4 is 15.0 Å². The maximum atomic E-state index is 5.10. The Morgan fingerprint density at radius 2 is 2.07 bits per heavy atom. The zero-order chi connectivity index (χ0) is 19.1. The maximum absolute atomic E-state index is 5.10. The molecular formula is C18H27N7OS. The van der Waals surface area contributed by atoms with Crippen LogP contribution >= 0.6 is 11.5 Å². The summed E-state index contributed by atoms with van der Waals surface area (Å²) in [6.07, 6.45) is 2.69. The molecule has 0 atom stereocenters. The fourth-order valence-electron chi connectivity index (χ4n) is 2.84. The molecule has 0 aliphatic carbocycles. The second kappa shape index (κ2) is 9.50. The minimum atomic E-state index is 0.593. The molecule has 3 rings (SSSR count). The van der Waals surface area contributed by atoms with Gasteiger partial charge in [-0.3, -0.25) is 0 Å². The predicted octanol–water partition coefficient (Wildman–Crippen LogP) is 1.79. The van der Waals surface area contributed by atoms with Crippen LogP contribution in [0.1, 0.15) is 25.2 Å². The Balaban J connectivity index is 1.59. The third kappa shape index (κ3) is 5.06. The SMILES string of the molecule is CCNC(=NCc1ccc(OC)nc1)N1CCN(c2nc(CC)ns2)CC1. The van der Waals surface area contributed by atoms with Gasteiger partial charge in [0.05, 0.1) is 13.7 Å². The number of rotatable bonds is 6. The van der Waals surface area contributed by atoms with Crippen molar-refractivity contribution in [2.75, 3.05) is 44.7 Å². The molecule has 0 unspecified atom stereocenters. The van der Waals surface area contributed by atoms with Gasteiger partial charge in [0.2, 0.25) is 11.0 Å². The van der Waals surface area contributed by atoms with Crippen LogP contribution in [0.5, 0.6) is 5.88 Å². The largest absolute Gasteiger partial charge is 0.481 e. The van der Waals surface area contributed by atoms with E-state index in [1.54, 1.807) is 7.11 Å². The first-order chi connectivity index (χ1) is 13.2.